The van der Waals surface area contributed by atoms with Crippen molar-refractivity contribution in [2.24, 2.45) is 5.92 Å². The van der Waals surface area contributed by atoms with Crippen molar-refractivity contribution in [1.82, 2.24) is 5.32 Å². The molecule has 1 aliphatic heterocycles. The Labute approximate surface area is 107 Å². The van der Waals surface area contributed by atoms with Crippen LogP contribution in [0.3, 0.4) is 0 Å². The van der Waals surface area contributed by atoms with E-state index in [9.17, 15) is 14.7 Å². The molecule has 0 spiro atoms. The second-order valence-corrected chi connectivity index (χ2v) is 4.19. The summed E-state index contributed by atoms with van der Waals surface area (Å²) in [6.45, 7) is 7.33. The number of carbonyl (C=O) groups excluding carboxylic acids is 1. The van der Waals surface area contributed by atoms with E-state index in [2.05, 4.69) is 5.32 Å². The number of allylic oxidation sites excluding steroid dienone is 2. The molecule has 0 saturated carbocycles. The van der Waals surface area contributed by atoms with Crippen LogP contribution < -0.4 is 5.32 Å². The van der Waals surface area contributed by atoms with E-state index in [-0.39, 0.29) is 12.2 Å². The lowest BCUT2D eigenvalue weighted by Crippen LogP contribution is -2.32. The van der Waals surface area contributed by atoms with E-state index in [1.807, 2.05) is 6.92 Å². The van der Waals surface area contributed by atoms with Crippen molar-refractivity contribution < 1.29 is 19.4 Å². The Morgan fingerprint density at radius 2 is 1.78 bits per heavy atom. The van der Waals surface area contributed by atoms with Gasteiger partial charge in [-0.15, -0.1) is 0 Å². The van der Waals surface area contributed by atoms with Crippen LogP contribution in [-0.2, 0) is 14.3 Å². The van der Waals surface area contributed by atoms with Gasteiger partial charge < -0.3 is 15.2 Å². The van der Waals surface area contributed by atoms with Crippen LogP contribution in [0.2, 0.25) is 0 Å². The molecule has 0 bridgehead atoms. The number of ether oxygens (including phenoxy) is 1. The van der Waals surface area contributed by atoms with Gasteiger partial charge in [0.1, 0.15) is 0 Å². The molecular formula is C13H19NO4. The van der Waals surface area contributed by atoms with Crippen molar-refractivity contribution in [2.45, 2.75) is 34.1 Å². The van der Waals surface area contributed by atoms with Crippen LogP contribution in [0.15, 0.2) is 22.5 Å². The molecule has 1 aliphatic rings. The first-order valence-electron chi connectivity index (χ1n) is 6.02. The number of carboxylic acids is 1. The molecule has 0 aromatic heterocycles. The first-order chi connectivity index (χ1) is 8.43. The molecule has 0 aliphatic carbocycles. The summed E-state index contributed by atoms with van der Waals surface area (Å²) in [5.74, 6) is -1.86. The molecule has 0 aromatic carbocycles. The lowest BCUT2D eigenvalue weighted by Gasteiger charge is -2.28. The van der Waals surface area contributed by atoms with E-state index in [4.69, 9.17) is 4.74 Å². The summed E-state index contributed by atoms with van der Waals surface area (Å²) in [7, 11) is 0. The van der Waals surface area contributed by atoms with Gasteiger partial charge in [0.15, 0.2) is 0 Å². The van der Waals surface area contributed by atoms with Crippen LogP contribution in [0, 0.1) is 5.92 Å². The van der Waals surface area contributed by atoms with Gasteiger partial charge in [-0.05, 0) is 27.2 Å². The fourth-order valence-corrected chi connectivity index (χ4v) is 2.30. The summed E-state index contributed by atoms with van der Waals surface area (Å²) in [6, 6.07) is 0. The molecule has 1 unspecified atom stereocenters. The highest BCUT2D eigenvalue weighted by molar-refractivity contribution is 5.97. The van der Waals surface area contributed by atoms with Gasteiger partial charge in [0, 0.05) is 17.3 Å². The number of aliphatic carboxylic acids is 1. The molecule has 100 valence electrons. The summed E-state index contributed by atoms with van der Waals surface area (Å²) in [5.41, 5.74) is 1.91. The predicted molar refractivity (Wildman–Crippen MR) is 66.6 cm³/mol. The van der Waals surface area contributed by atoms with Crippen molar-refractivity contribution in [3.63, 3.8) is 0 Å². The third-order valence-corrected chi connectivity index (χ3v) is 3.01. The summed E-state index contributed by atoms with van der Waals surface area (Å²) >= 11 is 0. The number of dihydropyridines is 1. The molecule has 0 radical (unpaired) electrons. The summed E-state index contributed by atoms with van der Waals surface area (Å²) in [5, 5.41) is 12.2. The van der Waals surface area contributed by atoms with Crippen molar-refractivity contribution in [2.75, 3.05) is 6.61 Å². The van der Waals surface area contributed by atoms with Crippen LogP contribution in [0.4, 0.5) is 0 Å². The minimum atomic E-state index is -0.999. The van der Waals surface area contributed by atoms with Crippen LogP contribution in [0.1, 0.15) is 34.1 Å². The maximum Gasteiger partial charge on any atom is 0.336 e. The van der Waals surface area contributed by atoms with Gasteiger partial charge in [-0.25, -0.2) is 9.59 Å². The molecule has 5 nitrogen and oxygen atoms in total. The quantitative estimate of drug-likeness (QED) is 0.747. The van der Waals surface area contributed by atoms with Crippen LogP contribution >= 0.6 is 0 Å². The minimum absolute atomic E-state index is 0.242. The maximum atomic E-state index is 11.9. The number of hydrogen-bond acceptors (Lipinski definition) is 4. The third-order valence-electron chi connectivity index (χ3n) is 3.01. The van der Waals surface area contributed by atoms with Crippen molar-refractivity contribution in [3.8, 4) is 0 Å². The Morgan fingerprint density at radius 3 is 2.22 bits per heavy atom. The van der Waals surface area contributed by atoms with Gasteiger partial charge in [-0.1, -0.05) is 6.92 Å². The standard InChI is InChI=1S/C13H19NO4/c1-5-9-10(12(15)16)7(3)14-8(4)11(9)13(17)18-6-2/h9,14H,5-6H2,1-4H3,(H,15,16). The molecule has 2 N–H and O–H groups in total. The first kappa shape index (κ1) is 14.3. The van der Waals surface area contributed by atoms with Crippen molar-refractivity contribution in [1.29, 1.82) is 0 Å². The van der Waals surface area contributed by atoms with Crippen molar-refractivity contribution in [3.05, 3.63) is 22.5 Å². The number of carboxylic acid groups (broad SMARTS) is 1. The van der Waals surface area contributed by atoms with Gasteiger partial charge in [0.25, 0.3) is 0 Å². The topological polar surface area (TPSA) is 75.6 Å². The van der Waals surface area contributed by atoms with E-state index in [1.165, 1.54) is 0 Å². The summed E-state index contributed by atoms with van der Waals surface area (Å²) in [4.78, 5) is 23.2. The minimum Gasteiger partial charge on any atom is -0.478 e. The second kappa shape index (κ2) is 5.71. The van der Waals surface area contributed by atoms with Gasteiger partial charge >= 0.3 is 11.9 Å². The first-order valence-corrected chi connectivity index (χ1v) is 6.02. The molecule has 1 heterocycles. The van der Waals surface area contributed by atoms with Crippen LogP contribution in [-0.4, -0.2) is 23.7 Å². The molecule has 5 heteroatoms. The highest BCUT2D eigenvalue weighted by atomic mass is 16.5. The number of rotatable bonds is 4. The van der Waals surface area contributed by atoms with Crippen molar-refractivity contribution >= 4 is 11.9 Å². The zero-order valence-corrected chi connectivity index (χ0v) is 11.2. The zero-order valence-electron chi connectivity index (χ0n) is 11.2. The SMILES string of the molecule is CCOC(=O)C1=C(C)NC(C)=C(C(=O)O)C1CC. The highest BCUT2D eigenvalue weighted by Gasteiger charge is 2.34. The fourth-order valence-electron chi connectivity index (χ4n) is 2.30. The average molecular weight is 253 g/mol. The summed E-state index contributed by atoms with van der Waals surface area (Å²) < 4.78 is 4.99. The fraction of sp³-hybridized carbons (Fsp3) is 0.538. The second-order valence-electron chi connectivity index (χ2n) is 4.19. The molecular weight excluding hydrogens is 234 g/mol. The zero-order chi connectivity index (χ0) is 13.9. The lowest BCUT2D eigenvalue weighted by molar-refractivity contribution is -0.139. The predicted octanol–water partition coefficient (Wildman–Crippen LogP) is 1.81. The Morgan fingerprint density at radius 1 is 1.22 bits per heavy atom. The lowest BCUT2D eigenvalue weighted by atomic mass is 9.84. The van der Waals surface area contributed by atoms with E-state index in [0.717, 1.165) is 0 Å². The van der Waals surface area contributed by atoms with Gasteiger partial charge in [-0.3, -0.25) is 0 Å². The molecule has 0 fully saturated rings. The largest absolute Gasteiger partial charge is 0.478 e. The molecule has 18 heavy (non-hydrogen) atoms. The van der Waals surface area contributed by atoms with E-state index in [0.29, 0.717) is 23.4 Å². The molecule has 0 aromatic rings. The highest BCUT2D eigenvalue weighted by Crippen LogP contribution is 2.32. The molecule has 0 amide bonds. The van der Waals surface area contributed by atoms with Crippen LogP contribution in [0.25, 0.3) is 0 Å². The van der Waals surface area contributed by atoms with E-state index < -0.39 is 17.9 Å². The van der Waals surface area contributed by atoms with Gasteiger partial charge in [0.2, 0.25) is 0 Å². The Bertz CT molecular complexity index is 434. The molecule has 1 rings (SSSR count). The summed E-state index contributed by atoms with van der Waals surface area (Å²) in [6.07, 6.45) is 0.548. The smallest absolute Gasteiger partial charge is 0.336 e. The van der Waals surface area contributed by atoms with E-state index >= 15 is 0 Å². The maximum absolute atomic E-state index is 11.9. The van der Waals surface area contributed by atoms with Crippen LogP contribution in [0.5, 0.6) is 0 Å². The monoisotopic (exact) mass is 253 g/mol. The average Bonchev–Trinajstić information content (AvgIpc) is 2.27. The van der Waals surface area contributed by atoms with Gasteiger partial charge in [-0.2, -0.15) is 0 Å². The Balaban J connectivity index is 3.21. The van der Waals surface area contributed by atoms with E-state index in [1.54, 1.807) is 20.8 Å². The Hall–Kier alpha value is -1.78. The molecule has 0 saturated heterocycles. The number of carbonyl (C=O) groups is 2. The number of esters is 1. The van der Waals surface area contributed by atoms with Gasteiger partial charge in [0.05, 0.1) is 17.8 Å². The molecule has 1 atom stereocenters. The third kappa shape index (κ3) is 2.55. The number of nitrogens with one attached hydrogen (secondary N) is 1. The Kier molecular flexibility index (Phi) is 4.53. The number of hydrogen-bond donors (Lipinski definition) is 2. The normalized spacial score (nSPS) is 19.7.